The molecule has 0 spiro atoms. The van der Waals surface area contributed by atoms with Gasteiger partial charge in [0.05, 0.1) is 13.2 Å². The molecule has 0 radical (unpaired) electrons. The Bertz CT molecular complexity index is 999. The molecule has 1 N–H and O–H groups in total. The van der Waals surface area contributed by atoms with Gasteiger partial charge in [-0.15, -0.1) is 0 Å². The monoisotopic (exact) mass is 696 g/mol. The van der Waals surface area contributed by atoms with E-state index < -0.39 is 18.0 Å². The van der Waals surface area contributed by atoms with Crippen LogP contribution >= 0.6 is 0 Å². The first kappa shape index (κ1) is 45.3. The van der Waals surface area contributed by atoms with E-state index >= 15 is 0 Å². The molecule has 3 amide bonds. The molecule has 0 aromatic carbocycles. The maximum absolute atomic E-state index is 13.1. The molecule has 0 atom stereocenters. The highest BCUT2D eigenvalue weighted by molar-refractivity contribution is 5.95. The van der Waals surface area contributed by atoms with E-state index in [1.54, 1.807) is 6.92 Å². The van der Waals surface area contributed by atoms with Gasteiger partial charge in [0.25, 0.3) is 0 Å². The van der Waals surface area contributed by atoms with E-state index in [1.807, 2.05) is 0 Å². The molecule has 0 aliphatic heterocycles. The zero-order valence-electron chi connectivity index (χ0n) is 29.9. The van der Waals surface area contributed by atoms with Crippen LogP contribution in [0.15, 0.2) is 24.8 Å². The summed E-state index contributed by atoms with van der Waals surface area (Å²) < 4.78 is 25.1. The molecule has 0 aliphatic carbocycles. The Labute approximate surface area is 292 Å². The number of unbranched alkanes of at least 4 members (excludes halogenated alkanes) is 10. The molecule has 0 aliphatic rings. The SMILES string of the molecule is C=CC(=O)OCCOCCCCCCCC(=O)N(CCCCCCC(=O)OCCOC(=O)C(=C)C)C(=O)CCCCCCNC(=O)OCC. The summed E-state index contributed by atoms with van der Waals surface area (Å²) in [4.78, 5) is 73.2. The molecular weight excluding hydrogens is 636 g/mol. The summed E-state index contributed by atoms with van der Waals surface area (Å²) in [5, 5.41) is 2.68. The lowest BCUT2D eigenvalue weighted by Crippen LogP contribution is -2.37. The third kappa shape index (κ3) is 27.9. The molecule has 0 bridgehead atoms. The molecule has 0 rings (SSSR count). The number of ether oxygens (including phenoxy) is 5. The fraction of sp³-hybridized carbons (Fsp3) is 0.722. The van der Waals surface area contributed by atoms with Crippen LogP contribution in [0.1, 0.15) is 117 Å². The molecule has 13 nitrogen and oxygen atoms in total. The maximum Gasteiger partial charge on any atom is 0.407 e. The number of carbonyl (C=O) groups is 6. The first-order valence-corrected chi connectivity index (χ1v) is 17.7. The van der Waals surface area contributed by atoms with Crippen LogP contribution in [0.4, 0.5) is 4.79 Å². The highest BCUT2D eigenvalue weighted by Gasteiger charge is 2.20. The van der Waals surface area contributed by atoms with E-state index in [2.05, 4.69) is 18.5 Å². The molecule has 13 heteroatoms. The van der Waals surface area contributed by atoms with E-state index in [-0.39, 0.29) is 56.0 Å². The summed E-state index contributed by atoms with van der Waals surface area (Å²) >= 11 is 0. The number of alkyl carbamates (subject to hydrolysis) is 1. The number of amides is 3. The fourth-order valence-electron chi connectivity index (χ4n) is 4.54. The van der Waals surface area contributed by atoms with Crippen LogP contribution in [0.2, 0.25) is 0 Å². The predicted molar refractivity (Wildman–Crippen MR) is 184 cm³/mol. The topological polar surface area (TPSA) is 164 Å². The van der Waals surface area contributed by atoms with Crippen molar-refractivity contribution in [2.75, 3.05) is 52.7 Å². The average Bonchev–Trinajstić information content (AvgIpc) is 3.07. The van der Waals surface area contributed by atoms with Gasteiger partial charge in [0.2, 0.25) is 11.8 Å². The van der Waals surface area contributed by atoms with Crippen molar-refractivity contribution in [3.8, 4) is 0 Å². The Hall–Kier alpha value is -3.74. The van der Waals surface area contributed by atoms with Gasteiger partial charge in [-0.1, -0.05) is 58.1 Å². The lowest BCUT2D eigenvalue weighted by Gasteiger charge is -2.21. The van der Waals surface area contributed by atoms with E-state index in [4.69, 9.17) is 23.7 Å². The van der Waals surface area contributed by atoms with Gasteiger partial charge in [0.1, 0.15) is 19.8 Å². The van der Waals surface area contributed by atoms with Crippen molar-refractivity contribution in [3.05, 3.63) is 24.8 Å². The van der Waals surface area contributed by atoms with E-state index in [0.29, 0.717) is 65.0 Å². The Kier molecular flexibility index (Phi) is 29.1. The lowest BCUT2D eigenvalue weighted by atomic mass is 10.1. The summed E-state index contributed by atoms with van der Waals surface area (Å²) in [7, 11) is 0. The molecule has 0 unspecified atom stereocenters. The smallest absolute Gasteiger partial charge is 0.407 e. The summed E-state index contributed by atoms with van der Waals surface area (Å²) in [6.07, 6.45) is 11.7. The van der Waals surface area contributed by atoms with Crippen molar-refractivity contribution in [3.63, 3.8) is 0 Å². The van der Waals surface area contributed by atoms with E-state index in [0.717, 1.165) is 63.9 Å². The van der Waals surface area contributed by atoms with Crippen LogP contribution in [0, 0.1) is 0 Å². The van der Waals surface area contributed by atoms with Gasteiger partial charge in [0.15, 0.2) is 0 Å². The van der Waals surface area contributed by atoms with Crippen molar-refractivity contribution < 1.29 is 52.5 Å². The largest absolute Gasteiger partial charge is 0.462 e. The number of hydrogen-bond donors (Lipinski definition) is 1. The number of hydrogen-bond acceptors (Lipinski definition) is 11. The Morgan fingerprint density at radius 1 is 0.633 bits per heavy atom. The van der Waals surface area contributed by atoms with Crippen molar-refractivity contribution in [1.29, 1.82) is 0 Å². The minimum atomic E-state index is -0.525. The van der Waals surface area contributed by atoms with Crippen LogP contribution < -0.4 is 5.32 Å². The van der Waals surface area contributed by atoms with Gasteiger partial charge in [0, 0.05) is 50.6 Å². The highest BCUT2D eigenvalue weighted by atomic mass is 16.6. The second-order valence-corrected chi connectivity index (χ2v) is 11.6. The van der Waals surface area contributed by atoms with E-state index in [9.17, 15) is 28.8 Å². The van der Waals surface area contributed by atoms with Gasteiger partial charge >= 0.3 is 24.0 Å². The molecule has 49 heavy (non-hydrogen) atoms. The number of nitrogens with one attached hydrogen (secondary N) is 1. The standard InChI is InChI=1S/C36H60N2O11/c1-5-33(41)47-27-26-45-25-19-13-7-8-14-20-31(39)38(32(40)21-15-9-11-17-23-37-36(44)46-6-2)24-18-12-10-16-22-34(42)48-28-29-49-35(43)30(3)4/h5H,1,3,6-29H2,2,4H3,(H,37,44). The molecule has 280 valence electrons. The first-order chi connectivity index (χ1) is 23.6. The normalized spacial score (nSPS) is 10.5. The van der Waals surface area contributed by atoms with Gasteiger partial charge in [-0.2, -0.15) is 0 Å². The first-order valence-electron chi connectivity index (χ1n) is 17.7. The number of rotatable bonds is 31. The second kappa shape index (κ2) is 31.5. The molecule has 0 heterocycles. The molecule has 0 saturated heterocycles. The Morgan fingerprint density at radius 2 is 1.18 bits per heavy atom. The molecule has 0 saturated carbocycles. The van der Waals surface area contributed by atoms with Crippen LogP contribution in [0.3, 0.4) is 0 Å². The number of imide groups is 1. The van der Waals surface area contributed by atoms with Crippen LogP contribution in [0.5, 0.6) is 0 Å². The van der Waals surface area contributed by atoms with Gasteiger partial charge in [-0.05, 0) is 52.4 Å². The lowest BCUT2D eigenvalue weighted by molar-refractivity contribution is -0.150. The van der Waals surface area contributed by atoms with Gasteiger partial charge in [-0.3, -0.25) is 19.3 Å². The van der Waals surface area contributed by atoms with Crippen molar-refractivity contribution in [1.82, 2.24) is 10.2 Å². The van der Waals surface area contributed by atoms with Gasteiger partial charge in [-0.25, -0.2) is 14.4 Å². The third-order valence-electron chi connectivity index (χ3n) is 7.22. The highest BCUT2D eigenvalue weighted by Crippen LogP contribution is 2.13. The number of nitrogens with zero attached hydrogens (tertiary/aromatic N) is 1. The van der Waals surface area contributed by atoms with Crippen LogP contribution in [0.25, 0.3) is 0 Å². The zero-order valence-corrected chi connectivity index (χ0v) is 29.9. The third-order valence-corrected chi connectivity index (χ3v) is 7.22. The average molecular weight is 697 g/mol. The molecule has 0 aromatic rings. The van der Waals surface area contributed by atoms with Gasteiger partial charge < -0.3 is 29.0 Å². The number of esters is 3. The summed E-state index contributed by atoms with van der Waals surface area (Å²) in [5.74, 6) is -1.68. The zero-order chi connectivity index (χ0) is 36.5. The summed E-state index contributed by atoms with van der Waals surface area (Å²) in [6, 6.07) is 0. The van der Waals surface area contributed by atoms with E-state index in [1.165, 1.54) is 11.8 Å². The molecule has 0 aromatic heterocycles. The summed E-state index contributed by atoms with van der Waals surface area (Å²) in [6.45, 7) is 12.4. The predicted octanol–water partition coefficient (Wildman–Crippen LogP) is 5.74. The van der Waals surface area contributed by atoms with Crippen LogP contribution in [-0.4, -0.2) is 93.4 Å². The minimum absolute atomic E-state index is 0.00741. The molecule has 0 fully saturated rings. The molecular formula is C36H60N2O11. The Morgan fingerprint density at radius 3 is 1.82 bits per heavy atom. The van der Waals surface area contributed by atoms with Crippen LogP contribution in [-0.2, 0) is 47.7 Å². The maximum atomic E-state index is 13.1. The van der Waals surface area contributed by atoms with Crippen molar-refractivity contribution in [2.45, 2.75) is 117 Å². The quantitative estimate of drug-likeness (QED) is 0.0407. The number of carbonyl (C=O) groups excluding carboxylic acids is 6. The second-order valence-electron chi connectivity index (χ2n) is 11.6. The van der Waals surface area contributed by atoms with Crippen molar-refractivity contribution >= 4 is 35.8 Å². The summed E-state index contributed by atoms with van der Waals surface area (Å²) in [5.41, 5.74) is 0.281. The van der Waals surface area contributed by atoms with Crippen molar-refractivity contribution in [2.24, 2.45) is 0 Å². The fourth-order valence-corrected chi connectivity index (χ4v) is 4.54. The Balaban J connectivity index is 4.44. The minimum Gasteiger partial charge on any atom is -0.462 e.